The molecule has 0 bridgehead atoms. The van der Waals surface area contributed by atoms with Gasteiger partial charge in [0, 0.05) is 17.8 Å². The van der Waals surface area contributed by atoms with Crippen molar-refractivity contribution >= 4 is 12.2 Å². The van der Waals surface area contributed by atoms with E-state index in [4.69, 9.17) is 0 Å². The van der Waals surface area contributed by atoms with Crippen molar-refractivity contribution in [2.24, 2.45) is 0 Å². The first-order chi connectivity index (χ1) is 6.88. The van der Waals surface area contributed by atoms with Crippen molar-refractivity contribution in [3.63, 3.8) is 0 Å². The van der Waals surface area contributed by atoms with E-state index in [1.807, 2.05) is 44.3 Å². The molecular weight excluding hydrogens is 170 g/mol. The average Bonchev–Trinajstić information content (AvgIpc) is 2.47. The summed E-state index contributed by atoms with van der Waals surface area (Å²) in [5.41, 5.74) is 6.48. The van der Waals surface area contributed by atoms with Crippen molar-refractivity contribution in [1.29, 1.82) is 0 Å². The monoisotopic (exact) mass is 185 g/mol. The van der Waals surface area contributed by atoms with E-state index in [1.54, 1.807) is 0 Å². The summed E-state index contributed by atoms with van der Waals surface area (Å²) in [5, 5.41) is 0. The average molecular weight is 185 g/mol. The quantitative estimate of drug-likeness (QED) is 0.563. The number of allylic oxidation sites excluding steroid dienone is 2. The van der Waals surface area contributed by atoms with E-state index < -0.39 is 0 Å². The Morgan fingerprint density at radius 1 is 1.29 bits per heavy atom. The van der Waals surface area contributed by atoms with Crippen molar-refractivity contribution in [1.82, 2.24) is 4.98 Å². The maximum Gasteiger partial charge on any atom is 0.0781 e. The molecule has 1 heteroatoms. The molecule has 1 nitrogen and oxygen atoms in total. The zero-order valence-electron chi connectivity index (χ0n) is 8.91. The number of nitrogens with zero attached hydrogens (tertiary/aromatic N) is 1. The summed E-state index contributed by atoms with van der Waals surface area (Å²) in [7, 11) is 0. The summed E-state index contributed by atoms with van der Waals surface area (Å²) in [4.78, 5) is 4.25. The van der Waals surface area contributed by atoms with Gasteiger partial charge in [-0.05, 0) is 24.6 Å². The highest BCUT2D eigenvalue weighted by atomic mass is 14.7. The van der Waals surface area contributed by atoms with Gasteiger partial charge in [0.05, 0.1) is 5.69 Å². The first-order valence-electron chi connectivity index (χ1n) is 4.93. The van der Waals surface area contributed by atoms with Gasteiger partial charge < -0.3 is 0 Å². The molecule has 0 saturated heterocycles. The minimum Gasteiger partial charge on any atom is -0.256 e. The van der Waals surface area contributed by atoms with Crippen LogP contribution in [0.1, 0.15) is 30.7 Å². The highest BCUT2D eigenvalue weighted by molar-refractivity contribution is 5.67. The molecule has 72 valence electrons. The predicted molar refractivity (Wildman–Crippen MR) is 61.9 cm³/mol. The lowest BCUT2D eigenvalue weighted by atomic mass is 10.1. The molecule has 0 saturated carbocycles. The van der Waals surface area contributed by atoms with Gasteiger partial charge in [0.1, 0.15) is 0 Å². The summed E-state index contributed by atoms with van der Waals surface area (Å²) in [6.45, 7) is 6.09. The lowest BCUT2D eigenvalue weighted by molar-refractivity contribution is 1.24. The van der Waals surface area contributed by atoms with E-state index in [2.05, 4.69) is 23.7 Å². The smallest absolute Gasteiger partial charge is 0.0781 e. The fraction of sp³-hybridized carbons (Fsp3) is 0.231. The van der Waals surface area contributed by atoms with Crippen LogP contribution in [0, 0.1) is 6.92 Å². The van der Waals surface area contributed by atoms with Gasteiger partial charge >= 0.3 is 0 Å². The number of aryl methyl sites for hydroxylation is 1. The van der Waals surface area contributed by atoms with Crippen molar-refractivity contribution in [2.45, 2.75) is 20.8 Å². The Kier molecular flexibility index (Phi) is 3.90. The zero-order chi connectivity index (χ0) is 10.4. The Hall–Kier alpha value is -1.59. The highest BCUT2D eigenvalue weighted by Crippen LogP contribution is 2.16. The van der Waals surface area contributed by atoms with Gasteiger partial charge in [0.25, 0.3) is 0 Å². The van der Waals surface area contributed by atoms with Crippen LogP contribution < -0.4 is 0 Å². The predicted octanol–water partition coefficient (Wildman–Crippen LogP) is 3.61. The normalized spacial score (nSPS) is 11.4. The third-order valence-corrected chi connectivity index (χ3v) is 1.91. The van der Waals surface area contributed by atoms with Crippen LogP contribution in [0.2, 0.25) is 0 Å². The molecule has 1 aliphatic rings. The summed E-state index contributed by atoms with van der Waals surface area (Å²) in [6.07, 6.45) is 9.67. The second-order valence-electron chi connectivity index (χ2n) is 2.76. The standard InChI is InChI=1S/C11H9N.C2H6/c1-9-7-8-12-11-6-4-2-3-5-10(9)11;1-2/h2-3,5-8H,1H3;1-2H3. The van der Waals surface area contributed by atoms with Crippen molar-refractivity contribution in [3.8, 4) is 0 Å². The molecule has 0 aliphatic heterocycles. The van der Waals surface area contributed by atoms with Crippen LogP contribution in [-0.2, 0) is 0 Å². The number of aromatic nitrogens is 1. The maximum atomic E-state index is 4.25. The molecule has 2 rings (SSSR count). The number of fused-ring (bicyclic) bond motifs is 1. The minimum atomic E-state index is 1.00. The minimum absolute atomic E-state index is 1.00. The molecule has 1 aliphatic carbocycles. The maximum absolute atomic E-state index is 4.25. The molecule has 0 amide bonds. The van der Waals surface area contributed by atoms with Crippen LogP contribution in [0.5, 0.6) is 0 Å². The van der Waals surface area contributed by atoms with E-state index in [0.717, 1.165) is 5.69 Å². The molecule has 1 aromatic rings. The highest BCUT2D eigenvalue weighted by Gasteiger charge is 2.00. The fourth-order valence-corrected chi connectivity index (χ4v) is 1.25. The Morgan fingerprint density at radius 2 is 2.07 bits per heavy atom. The second-order valence-corrected chi connectivity index (χ2v) is 2.76. The van der Waals surface area contributed by atoms with Crippen molar-refractivity contribution in [3.05, 3.63) is 47.0 Å². The molecule has 0 fully saturated rings. The summed E-state index contributed by atoms with van der Waals surface area (Å²) >= 11 is 0. The van der Waals surface area contributed by atoms with E-state index in [-0.39, 0.29) is 0 Å². The largest absolute Gasteiger partial charge is 0.256 e. The van der Waals surface area contributed by atoms with Crippen molar-refractivity contribution < 1.29 is 0 Å². The molecule has 1 heterocycles. The first-order valence-corrected chi connectivity index (χ1v) is 4.93. The topological polar surface area (TPSA) is 12.9 Å². The van der Waals surface area contributed by atoms with Gasteiger partial charge in [-0.3, -0.25) is 4.98 Å². The molecule has 1 aromatic heterocycles. The molecule has 0 radical (unpaired) electrons. The van der Waals surface area contributed by atoms with Crippen LogP contribution in [0.4, 0.5) is 0 Å². The third kappa shape index (κ3) is 2.21. The van der Waals surface area contributed by atoms with Crippen LogP contribution >= 0.6 is 0 Å². The van der Waals surface area contributed by atoms with Gasteiger partial charge in [-0.2, -0.15) is 0 Å². The Labute approximate surface area is 85.5 Å². The second kappa shape index (κ2) is 5.21. The van der Waals surface area contributed by atoms with Gasteiger partial charge in [-0.25, -0.2) is 0 Å². The Balaban J connectivity index is 0.000000461. The van der Waals surface area contributed by atoms with E-state index in [1.165, 1.54) is 11.1 Å². The number of rotatable bonds is 0. The van der Waals surface area contributed by atoms with Gasteiger partial charge in [-0.15, -0.1) is 5.73 Å². The summed E-state index contributed by atoms with van der Waals surface area (Å²) < 4.78 is 0. The first kappa shape index (κ1) is 10.5. The number of hydrogen-bond acceptors (Lipinski definition) is 1. The summed E-state index contributed by atoms with van der Waals surface area (Å²) in [6, 6.07) is 2.02. The van der Waals surface area contributed by atoms with E-state index in [9.17, 15) is 0 Å². The lowest BCUT2D eigenvalue weighted by Gasteiger charge is -2.01. The molecule has 14 heavy (non-hydrogen) atoms. The lowest BCUT2D eigenvalue weighted by Crippen LogP contribution is -1.88. The van der Waals surface area contributed by atoms with Crippen molar-refractivity contribution in [2.75, 3.05) is 0 Å². The molecule has 0 aromatic carbocycles. The molecule has 0 N–H and O–H groups in total. The molecule has 0 atom stereocenters. The molecule has 0 spiro atoms. The van der Waals surface area contributed by atoms with E-state index >= 15 is 0 Å². The van der Waals surface area contributed by atoms with Crippen LogP contribution in [0.3, 0.4) is 0 Å². The Morgan fingerprint density at radius 3 is 2.86 bits per heavy atom. The van der Waals surface area contributed by atoms with Gasteiger partial charge in [-0.1, -0.05) is 26.0 Å². The zero-order valence-corrected chi connectivity index (χ0v) is 8.91. The van der Waals surface area contributed by atoms with Gasteiger partial charge in [0.15, 0.2) is 0 Å². The van der Waals surface area contributed by atoms with E-state index in [0.29, 0.717) is 0 Å². The SMILES string of the molecule is CC.Cc1ccnc2c1C=CC=C=C2. The Bertz CT molecular complexity index is 394. The number of hydrogen-bond donors (Lipinski definition) is 0. The third-order valence-electron chi connectivity index (χ3n) is 1.91. The molecular formula is C13H15N. The fourth-order valence-electron chi connectivity index (χ4n) is 1.25. The van der Waals surface area contributed by atoms with Gasteiger partial charge in [0.2, 0.25) is 0 Å². The van der Waals surface area contributed by atoms with Crippen LogP contribution in [-0.4, -0.2) is 4.98 Å². The number of pyridine rings is 1. The molecule has 0 unspecified atom stereocenters. The van der Waals surface area contributed by atoms with Crippen LogP contribution in [0.25, 0.3) is 12.2 Å². The van der Waals surface area contributed by atoms with Crippen LogP contribution in [0.15, 0.2) is 30.1 Å². The summed E-state index contributed by atoms with van der Waals surface area (Å²) in [5.74, 6) is 0.